The molecule has 2 aromatic heterocycles. The summed E-state index contributed by atoms with van der Waals surface area (Å²) < 4.78 is 24.5. The van der Waals surface area contributed by atoms with E-state index in [0.717, 1.165) is 23.4 Å². The van der Waals surface area contributed by atoms with E-state index < -0.39 is 49.0 Å². The Morgan fingerprint density at radius 1 is 1.08 bits per heavy atom. The number of rotatable bonds is 9. The number of cyclic esters (lactones) is 1. The van der Waals surface area contributed by atoms with Gasteiger partial charge >= 0.3 is 24.0 Å². The van der Waals surface area contributed by atoms with Crippen LogP contribution in [0.25, 0.3) is 22.3 Å². The molecule has 0 fully saturated rings. The van der Waals surface area contributed by atoms with Crippen molar-refractivity contribution in [3.05, 3.63) is 57.4 Å². The Labute approximate surface area is 299 Å². The Morgan fingerprint density at radius 2 is 1.78 bits per heavy atom. The molecular formula is C38H49N3O9Si. The fourth-order valence-corrected chi connectivity index (χ4v) is 9.77. The van der Waals surface area contributed by atoms with Crippen LogP contribution in [0.5, 0.6) is 5.75 Å². The van der Waals surface area contributed by atoms with E-state index in [-0.39, 0.29) is 36.9 Å². The first-order valence-corrected chi connectivity index (χ1v) is 20.7. The fraction of sp³-hybridized carbons (Fsp3) is 0.526. The maximum Gasteiger partial charge on any atom is 0.407 e. The van der Waals surface area contributed by atoms with Crippen LogP contribution < -0.4 is 15.6 Å². The van der Waals surface area contributed by atoms with Gasteiger partial charge in [0.1, 0.15) is 25.2 Å². The Bertz CT molecular complexity index is 1970. The van der Waals surface area contributed by atoms with Crippen molar-refractivity contribution in [2.45, 2.75) is 117 Å². The number of ether oxygens (including phenoxy) is 4. The molecule has 4 heterocycles. The number of amides is 1. The number of hydrogen-bond acceptors (Lipinski definition) is 10. The topological polar surface area (TPSA) is 152 Å². The van der Waals surface area contributed by atoms with Crippen molar-refractivity contribution in [1.82, 2.24) is 14.9 Å². The zero-order valence-electron chi connectivity index (χ0n) is 31.3. The molecule has 0 aliphatic carbocycles. The highest BCUT2D eigenvalue weighted by Crippen LogP contribution is 2.48. The van der Waals surface area contributed by atoms with Crippen molar-refractivity contribution >= 4 is 43.0 Å². The molecule has 5 rings (SSSR count). The molecule has 0 bridgehead atoms. The van der Waals surface area contributed by atoms with Crippen LogP contribution in [0.15, 0.2) is 35.1 Å². The van der Waals surface area contributed by atoms with Crippen LogP contribution in [0.1, 0.15) is 97.1 Å². The molecule has 2 aliphatic rings. The second-order valence-electron chi connectivity index (χ2n) is 16.4. The van der Waals surface area contributed by atoms with E-state index >= 15 is 0 Å². The van der Waals surface area contributed by atoms with Crippen molar-refractivity contribution in [3.63, 3.8) is 0 Å². The lowest BCUT2D eigenvalue weighted by Gasteiger charge is -2.43. The van der Waals surface area contributed by atoms with Crippen molar-refractivity contribution in [3.8, 4) is 17.1 Å². The van der Waals surface area contributed by atoms with Crippen molar-refractivity contribution in [2.24, 2.45) is 5.41 Å². The number of alkyl carbamates (subject to hydrolysis) is 1. The van der Waals surface area contributed by atoms with Gasteiger partial charge in [0.15, 0.2) is 0 Å². The third-order valence-electron chi connectivity index (χ3n) is 9.30. The van der Waals surface area contributed by atoms with E-state index in [9.17, 15) is 24.0 Å². The van der Waals surface area contributed by atoms with Gasteiger partial charge < -0.3 is 28.8 Å². The minimum absolute atomic E-state index is 0.0145. The predicted octanol–water partition coefficient (Wildman–Crippen LogP) is 6.70. The summed E-state index contributed by atoms with van der Waals surface area (Å²) in [5.74, 6) is -1.52. The van der Waals surface area contributed by atoms with Gasteiger partial charge in [0.05, 0.1) is 35.4 Å². The molecule has 3 aromatic rings. The van der Waals surface area contributed by atoms with E-state index in [1.54, 1.807) is 56.5 Å². The summed E-state index contributed by atoms with van der Waals surface area (Å²) in [4.78, 5) is 71.1. The number of benzene rings is 1. The number of aromatic nitrogens is 2. The molecule has 0 spiro atoms. The minimum Gasteiger partial charge on any atom is -0.458 e. The van der Waals surface area contributed by atoms with Crippen LogP contribution in [0, 0.1) is 5.41 Å². The van der Waals surface area contributed by atoms with Crippen LogP contribution in [-0.4, -0.2) is 53.8 Å². The standard InChI is InChI=1S/C38H49N3O9Si/c1-11-38(49-29(43)14-16-39-35(46)50-37(6,7)8)26-20-28-31-24(18-23-19-25(47-22(2)42)12-13-27(23)40-31)21-41(28)32(44)30(26)33(48-34(38)45)51(9,10)17-15-36(3,4)5/h12-13,18-20,33H,11,14-17,21H2,1-10H3,(H,39,46). The predicted molar refractivity (Wildman–Crippen MR) is 194 cm³/mol. The molecule has 274 valence electrons. The maximum absolute atomic E-state index is 14.8. The van der Waals surface area contributed by atoms with Crippen LogP contribution in [0.3, 0.4) is 0 Å². The third kappa shape index (κ3) is 7.88. The summed E-state index contributed by atoms with van der Waals surface area (Å²) >= 11 is 0. The first kappa shape index (κ1) is 37.7. The zero-order valence-corrected chi connectivity index (χ0v) is 32.3. The number of nitrogens with zero attached hydrogens (tertiary/aromatic N) is 2. The molecule has 13 heteroatoms. The monoisotopic (exact) mass is 719 g/mol. The SMILES string of the molecule is CCC1(OC(=O)CCNC(=O)OC(C)(C)C)C(=O)OC([Si](C)(C)CCC(C)(C)C)c2c1cc1n(c2=O)Cc2cc3cc(OC(C)=O)ccc3nc2-1. The molecule has 51 heavy (non-hydrogen) atoms. The van der Waals surface area contributed by atoms with Gasteiger partial charge in [-0.05, 0) is 62.9 Å². The smallest absolute Gasteiger partial charge is 0.407 e. The van der Waals surface area contributed by atoms with E-state index in [1.165, 1.54) is 6.92 Å². The molecule has 1 aromatic carbocycles. The largest absolute Gasteiger partial charge is 0.458 e. The lowest BCUT2D eigenvalue weighted by Crippen LogP contribution is -2.54. The van der Waals surface area contributed by atoms with Crippen molar-refractivity contribution in [1.29, 1.82) is 0 Å². The Morgan fingerprint density at radius 3 is 2.41 bits per heavy atom. The number of pyridine rings is 2. The normalized spacial score (nSPS) is 18.3. The number of carbonyl (C=O) groups excluding carboxylic acids is 4. The number of carbonyl (C=O) groups is 4. The second kappa shape index (κ2) is 13.6. The fourth-order valence-electron chi connectivity index (χ4n) is 6.62. The highest BCUT2D eigenvalue weighted by Gasteiger charge is 2.56. The van der Waals surface area contributed by atoms with Crippen molar-refractivity contribution in [2.75, 3.05) is 6.54 Å². The third-order valence-corrected chi connectivity index (χ3v) is 12.7. The minimum atomic E-state index is -2.49. The van der Waals surface area contributed by atoms with E-state index in [4.69, 9.17) is 23.9 Å². The summed E-state index contributed by atoms with van der Waals surface area (Å²) in [6.45, 7) is 19.1. The summed E-state index contributed by atoms with van der Waals surface area (Å²) in [6, 6.07) is 9.61. The molecule has 0 saturated carbocycles. The molecule has 12 nitrogen and oxygen atoms in total. The van der Waals surface area contributed by atoms with Crippen molar-refractivity contribution < 1.29 is 38.1 Å². The van der Waals surface area contributed by atoms with Gasteiger partial charge in [0, 0.05) is 30.0 Å². The lowest BCUT2D eigenvalue weighted by atomic mass is 9.85. The van der Waals surface area contributed by atoms with Crippen LogP contribution in [0.2, 0.25) is 19.1 Å². The number of fused-ring (bicyclic) bond motifs is 5. The van der Waals surface area contributed by atoms with Gasteiger partial charge in [-0.1, -0.05) is 53.3 Å². The average molecular weight is 720 g/mol. The van der Waals surface area contributed by atoms with E-state index in [0.29, 0.717) is 33.8 Å². The number of nitrogens with one attached hydrogen (secondary N) is 1. The number of hydrogen-bond donors (Lipinski definition) is 1. The lowest BCUT2D eigenvalue weighted by molar-refractivity contribution is -0.190. The zero-order chi connectivity index (χ0) is 37.7. The Balaban J connectivity index is 1.60. The summed E-state index contributed by atoms with van der Waals surface area (Å²) in [5, 5.41) is 3.28. The van der Waals surface area contributed by atoms with Gasteiger partial charge in [0.2, 0.25) is 5.60 Å². The van der Waals surface area contributed by atoms with E-state index in [2.05, 4.69) is 39.2 Å². The second-order valence-corrected chi connectivity index (χ2v) is 21.4. The van der Waals surface area contributed by atoms with Gasteiger partial charge in [-0.15, -0.1) is 0 Å². The van der Waals surface area contributed by atoms with Gasteiger partial charge in [-0.2, -0.15) is 0 Å². The molecule has 1 N–H and O–H groups in total. The maximum atomic E-state index is 14.8. The molecule has 2 aliphatic heterocycles. The Kier molecular flexibility index (Phi) is 10.0. The van der Waals surface area contributed by atoms with Gasteiger partial charge in [-0.3, -0.25) is 14.4 Å². The molecular weight excluding hydrogens is 671 g/mol. The summed E-state index contributed by atoms with van der Waals surface area (Å²) in [5.41, 5.74) is -0.551. The van der Waals surface area contributed by atoms with Crippen LogP contribution in [-0.2, 0) is 40.7 Å². The first-order chi connectivity index (χ1) is 23.6. The molecule has 2 atom stereocenters. The van der Waals surface area contributed by atoms with Gasteiger partial charge in [-0.25, -0.2) is 14.6 Å². The van der Waals surface area contributed by atoms with Crippen LogP contribution in [0.4, 0.5) is 4.79 Å². The summed E-state index contributed by atoms with van der Waals surface area (Å²) in [6.07, 6.45) is -0.0367. The quantitative estimate of drug-likeness (QED) is 0.0857. The highest BCUT2D eigenvalue weighted by atomic mass is 28.3. The van der Waals surface area contributed by atoms with E-state index in [1.807, 2.05) is 6.07 Å². The summed E-state index contributed by atoms with van der Waals surface area (Å²) in [7, 11) is -2.49. The molecule has 0 saturated heterocycles. The van der Waals surface area contributed by atoms with Gasteiger partial charge in [0.25, 0.3) is 5.56 Å². The molecule has 2 unspecified atom stereocenters. The highest BCUT2D eigenvalue weighted by molar-refractivity contribution is 6.78. The molecule has 0 radical (unpaired) electrons. The Hall–Kier alpha value is -4.52. The average Bonchev–Trinajstić information content (AvgIpc) is 3.36. The molecule has 1 amide bonds. The number of esters is 3. The first-order valence-electron chi connectivity index (χ1n) is 17.4. The van der Waals surface area contributed by atoms with Crippen LogP contribution >= 0.6 is 0 Å².